The topological polar surface area (TPSA) is 78.0 Å². The van der Waals surface area contributed by atoms with Crippen molar-refractivity contribution in [1.82, 2.24) is 4.90 Å². The SMILES string of the molecule is CCN(Cc1ccccc1)C(=O)CN1C(=O)N(c2ccccc2)S(=O)(=O)c2ccccc21. The summed E-state index contributed by atoms with van der Waals surface area (Å²) in [5, 5.41) is 0. The minimum absolute atomic E-state index is 0.0117. The summed E-state index contributed by atoms with van der Waals surface area (Å²) in [7, 11) is -4.11. The van der Waals surface area contributed by atoms with Crippen LogP contribution in [0, 0.1) is 0 Å². The molecule has 3 aromatic rings. The van der Waals surface area contributed by atoms with E-state index in [1.807, 2.05) is 37.3 Å². The van der Waals surface area contributed by atoms with Crippen LogP contribution in [0.3, 0.4) is 0 Å². The number of benzene rings is 3. The maximum atomic E-state index is 13.4. The van der Waals surface area contributed by atoms with Crippen LogP contribution in [-0.2, 0) is 21.4 Å². The van der Waals surface area contributed by atoms with E-state index in [1.165, 1.54) is 11.0 Å². The third-order valence-electron chi connectivity index (χ3n) is 5.31. The lowest BCUT2D eigenvalue weighted by Crippen LogP contribution is -2.54. The van der Waals surface area contributed by atoms with Gasteiger partial charge < -0.3 is 4.90 Å². The van der Waals surface area contributed by atoms with Gasteiger partial charge in [-0.2, -0.15) is 4.31 Å². The molecule has 1 aliphatic rings. The van der Waals surface area contributed by atoms with Gasteiger partial charge >= 0.3 is 6.03 Å². The smallest absolute Gasteiger partial charge is 0.337 e. The Labute approximate surface area is 187 Å². The van der Waals surface area contributed by atoms with Gasteiger partial charge in [-0.3, -0.25) is 9.69 Å². The molecule has 0 saturated heterocycles. The van der Waals surface area contributed by atoms with E-state index in [1.54, 1.807) is 53.4 Å². The van der Waals surface area contributed by atoms with Gasteiger partial charge in [0.25, 0.3) is 10.0 Å². The molecule has 0 N–H and O–H groups in total. The molecular weight excluding hydrogens is 426 g/mol. The normalized spacial score (nSPS) is 14.7. The molecule has 164 valence electrons. The number of urea groups is 1. The van der Waals surface area contributed by atoms with Gasteiger partial charge in [0.2, 0.25) is 5.91 Å². The van der Waals surface area contributed by atoms with Crippen molar-refractivity contribution in [2.75, 3.05) is 22.3 Å². The Balaban J connectivity index is 1.69. The van der Waals surface area contributed by atoms with Crippen molar-refractivity contribution in [2.45, 2.75) is 18.4 Å². The fourth-order valence-corrected chi connectivity index (χ4v) is 5.29. The number of amides is 3. The van der Waals surface area contributed by atoms with Gasteiger partial charge in [0.15, 0.2) is 0 Å². The number of likely N-dealkylation sites (N-methyl/N-ethyl adjacent to an activating group) is 1. The van der Waals surface area contributed by atoms with Gasteiger partial charge in [-0.1, -0.05) is 60.7 Å². The van der Waals surface area contributed by atoms with E-state index < -0.39 is 16.1 Å². The Morgan fingerprint density at radius 2 is 1.47 bits per heavy atom. The molecule has 0 saturated carbocycles. The van der Waals surface area contributed by atoms with Crippen molar-refractivity contribution in [3.05, 3.63) is 90.5 Å². The third-order valence-corrected chi connectivity index (χ3v) is 7.06. The van der Waals surface area contributed by atoms with Crippen molar-refractivity contribution in [1.29, 1.82) is 0 Å². The quantitative estimate of drug-likeness (QED) is 0.572. The second-order valence-corrected chi connectivity index (χ2v) is 9.09. The van der Waals surface area contributed by atoms with Crippen molar-refractivity contribution < 1.29 is 18.0 Å². The summed E-state index contributed by atoms with van der Waals surface area (Å²) in [4.78, 5) is 29.4. The van der Waals surface area contributed by atoms with Gasteiger partial charge in [0, 0.05) is 13.1 Å². The summed E-state index contributed by atoms with van der Waals surface area (Å²) in [5.74, 6) is -0.271. The molecule has 32 heavy (non-hydrogen) atoms. The predicted molar refractivity (Wildman–Crippen MR) is 123 cm³/mol. The lowest BCUT2D eigenvalue weighted by molar-refractivity contribution is -0.130. The number of rotatable bonds is 6. The van der Waals surface area contributed by atoms with Crippen molar-refractivity contribution in [3.63, 3.8) is 0 Å². The number of fused-ring (bicyclic) bond motifs is 1. The molecule has 7 nitrogen and oxygen atoms in total. The number of hydrogen-bond donors (Lipinski definition) is 0. The van der Waals surface area contributed by atoms with Crippen LogP contribution in [0.5, 0.6) is 0 Å². The Hall–Kier alpha value is -3.65. The summed E-state index contributed by atoms with van der Waals surface area (Å²) >= 11 is 0. The van der Waals surface area contributed by atoms with E-state index in [4.69, 9.17) is 0 Å². The maximum absolute atomic E-state index is 13.4. The summed E-state index contributed by atoms with van der Waals surface area (Å²) in [6, 6.07) is 23.2. The van der Waals surface area contributed by atoms with Gasteiger partial charge in [-0.05, 0) is 36.8 Å². The highest BCUT2D eigenvalue weighted by Crippen LogP contribution is 2.36. The van der Waals surface area contributed by atoms with E-state index in [-0.39, 0.29) is 28.7 Å². The van der Waals surface area contributed by atoms with E-state index in [9.17, 15) is 18.0 Å². The Bertz CT molecular complexity index is 1230. The summed E-state index contributed by atoms with van der Waals surface area (Å²) < 4.78 is 27.3. The first-order chi connectivity index (χ1) is 15.4. The van der Waals surface area contributed by atoms with E-state index in [0.29, 0.717) is 13.1 Å². The third kappa shape index (κ3) is 3.97. The van der Waals surface area contributed by atoms with E-state index in [0.717, 1.165) is 9.87 Å². The first-order valence-corrected chi connectivity index (χ1v) is 11.7. The van der Waals surface area contributed by atoms with E-state index in [2.05, 4.69) is 0 Å². The second-order valence-electron chi connectivity index (χ2n) is 7.33. The van der Waals surface area contributed by atoms with Crippen LogP contribution in [0.4, 0.5) is 16.2 Å². The average molecular weight is 450 g/mol. The molecule has 1 aliphatic heterocycles. The van der Waals surface area contributed by atoms with Crippen molar-refractivity contribution >= 4 is 33.3 Å². The highest BCUT2D eigenvalue weighted by molar-refractivity contribution is 7.94. The van der Waals surface area contributed by atoms with Crippen LogP contribution in [-0.4, -0.2) is 38.3 Å². The molecule has 0 atom stereocenters. The molecular formula is C24H23N3O4S. The van der Waals surface area contributed by atoms with Crippen LogP contribution in [0.25, 0.3) is 0 Å². The molecule has 4 rings (SSSR count). The zero-order valence-electron chi connectivity index (χ0n) is 17.6. The first-order valence-electron chi connectivity index (χ1n) is 10.3. The fraction of sp³-hybridized carbons (Fsp3) is 0.167. The largest absolute Gasteiger partial charge is 0.343 e. The summed E-state index contributed by atoms with van der Waals surface area (Å²) in [6.07, 6.45) is 0. The maximum Gasteiger partial charge on any atom is 0.343 e. The number of hydrogen-bond acceptors (Lipinski definition) is 4. The number of anilines is 2. The molecule has 3 amide bonds. The molecule has 0 radical (unpaired) electrons. The average Bonchev–Trinajstić information content (AvgIpc) is 2.81. The molecule has 1 heterocycles. The van der Waals surface area contributed by atoms with Crippen molar-refractivity contribution in [2.24, 2.45) is 0 Å². The van der Waals surface area contributed by atoms with Crippen LogP contribution < -0.4 is 9.21 Å². The van der Waals surface area contributed by atoms with Crippen LogP contribution in [0.2, 0.25) is 0 Å². The van der Waals surface area contributed by atoms with Gasteiger partial charge in [0.05, 0.1) is 11.4 Å². The van der Waals surface area contributed by atoms with Gasteiger partial charge in [-0.15, -0.1) is 0 Å². The lowest BCUT2D eigenvalue weighted by atomic mass is 10.2. The lowest BCUT2D eigenvalue weighted by Gasteiger charge is -2.36. The minimum Gasteiger partial charge on any atom is -0.337 e. The first kappa shape index (κ1) is 21.6. The van der Waals surface area contributed by atoms with Gasteiger partial charge in [0.1, 0.15) is 11.4 Å². The highest BCUT2D eigenvalue weighted by Gasteiger charge is 2.43. The molecule has 0 unspecified atom stereocenters. The molecule has 3 aromatic carbocycles. The molecule has 0 aliphatic carbocycles. The fourth-order valence-electron chi connectivity index (χ4n) is 3.69. The molecule has 0 bridgehead atoms. The zero-order valence-corrected chi connectivity index (χ0v) is 18.4. The van der Waals surface area contributed by atoms with E-state index >= 15 is 0 Å². The number of para-hydroxylation sites is 2. The number of carbonyl (C=O) groups is 2. The number of carbonyl (C=O) groups excluding carboxylic acids is 2. The Kier molecular flexibility index (Phi) is 5.96. The van der Waals surface area contributed by atoms with Gasteiger partial charge in [-0.25, -0.2) is 13.2 Å². The van der Waals surface area contributed by atoms with Crippen molar-refractivity contribution in [3.8, 4) is 0 Å². The molecule has 0 spiro atoms. The summed E-state index contributed by atoms with van der Waals surface area (Å²) in [6.45, 7) is 2.46. The molecule has 0 fully saturated rings. The zero-order chi connectivity index (χ0) is 22.7. The Morgan fingerprint density at radius 3 is 2.12 bits per heavy atom. The van der Waals surface area contributed by atoms with Crippen LogP contribution in [0.15, 0.2) is 89.8 Å². The summed E-state index contributed by atoms with van der Waals surface area (Å²) in [5.41, 5.74) is 1.40. The van der Waals surface area contributed by atoms with Crippen LogP contribution in [0.1, 0.15) is 12.5 Å². The predicted octanol–water partition coefficient (Wildman–Crippen LogP) is 3.87. The standard InChI is InChI=1S/C24H23N3O4S/c1-2-25(17-19-11-5-3-6-12-19)23(28)18-26-21-15-9-10-16-22(21)32(30,31)27(24(26)29)20-13-7-4-8-14-20/h3-16H,2,17-18H2,1H3. The number of nitrogens with zero attached hydrogens (tertiary/aromatic N) is 3. The number of sulfonamides is 1. The monoisotopic (exact) mass is 449 g/mol. The molecule has 0 aromatic heterocycles. The highest BCUT2D eigenvalue weighted by atomic mass is 32.2. The Morgan fingerprint density at radius 1 is 0.875 bits per heavy atom. The molecule has 8 heteroatoms. The second kappa shape index (κ2) is 8.84. The van der Waals surface area contributed by atoms with Crippen LogP contribution >= 0.6 is 0 Å². The minimum atomic E-state index is -4.11.